The van der Waals surface area contributed by atoms with Crippen molar-refractivity contribution in [2.45, 2.75) is 63.6 Å². The van der Waals surface area contributed by atoms with E-state index in [9.17, 15) is 10.2 Å². The number of aryl methyl sites for hydroxylation is 2. The van der Waals surface area contributed by atoms with Gasteiger partial charge in [-0.05, 0) is 19.3 Å². The number of aliphatic hydroxyl groups is 2. The minimum Gasteiger partial charge on any atom is -0.390 e. The second-order valence-corrected chi connectivity index (χ2v) is 5.95. The van der Waals surface area contributed by atoms with Crippen LogP contribution in [0.1, 0.15) is 50.4 Å². The van der Waals surface area contributed by atoms with Crippen LogP contribution in [-0.4, -0.2) is 31.7 Å². The smallest absolute Gasteiger partial charge is 0.0909 e. The molecular weight excluding hydrogens is 264 g/mol. The fourth-order valence-electron chi connectivity index (χ4n) is 2.91. The van der Waals surface area contributed by atoms with Crippen LogP contribution in [0.5, 0.6) is 0 Å². The molecule has 1 aliphatic carbocycles. The first-order valence-corrected chi connectivity index (χ1v) is 7.46. The largest absolute Gasteiger partial charge is 0.390 e. The van der Waals surface area contributed by atoms with E-state index in [0.29, 0.717) is 24.3 Å². The van der Waals surface area contributed by atoms with Gasteiger partial charge in [-0.25, -0.2) is 0 Å². The zero-order chi connectivity index (χ0) is 14.0. The Hall–Kier alpha value is -0.580. The third-order valence-electron chi connectivity index (χ3n) is 4.23. The molecule has 1 saturated carbocycles. The molecule has 0 bridgehead atoms. The summed E-state index contributed by atoms with van der Waals surface area (Å²) in [6, 6.07) is 0. The molecular formula is C14H23ClN2O2. The van der Waals surface area contributed by atoms with Gasteiger partial charge in [0.1, 0.15) is 0 Å². The number of nitrogens with zero attached hydrogens (tertiary/aromatic N) is 2. The molecule has 2 rings (SSSR count). The van der Waals surface area contributed by atoms with Gasteiger partial charge in [0, 0.05) is 13.5 Å². The molecule has 5 heteroatoms. The van der Waals surface area contributed by atoms with Crippen molar-refractivity contribution in [1.29, 1.82) is 0 Å². The minimum absolute atomic E-state index is 0.360. The summed E-state index contributed by atoms with van der Waals surface area (Å²) >= 11 is 6.28. The van der Waals surface area contributed by atoms with Crippen molar-refractivity contribution in [3.63, 3.8) is 0 Å². The van der Waals surface area contributed by atoms with E-state index in [2.05, 4.69) is 5.10 Å². The van der Waals surface area contributed by atoms with Crippen LogP contribution in [0.25, 0.3) is 0 Å². The Morgan fingerprint density at radius 2 is 2.00 bits per heavy atom. The van der Waals surface area contributed by atoms with Gasteiger partial charge in [-0.15, -0.1) is 0 Å². The third-order valence-corrected chi connectivity index (χ3v) is 4.67. The lowest BCUT2D eigenvalue weighted by Crippen LogP contribution is -2.45. The van der Waals surface area contributed by atoms with Crippen molar-refractivity contribution < 1.29 is 10.2 Å². The Kier molecular flexibility index (Phi) is 4.54. The summed E-state index contributed by atoms with van der Waals surface area (Å²) < 4.78 is 1.72. The summed E-state index contributed by atoms with van der Waals surface area (Å²) in [7, 11) is 1.83. The molecule has 4 nitrogen and oxygen atoms in total. The first kappa shape index (κ1) is 14.8. The third kappa shape index (κ3) is 2.96. The van der Waals surface area contributed by atoms with E-state index in [1.807, 2.05) is 14.0 Å². The van der Waals surface area contributed by atoms with Gasteiger partial charge in [0.15, 0.2) is 0 Å². The Balaban J connectivity index is 2.14. The normalized spacial score (nSPS) is 20.5. The number of hydrogen-bond acceptors (Lipinski definition) is 3. The summed E-state index contributed by atoms with van der Waals surface area (Å²) in [6.45, 7) is 2.00. The Bertz CT molecular complexity index is 439. The van der Waals surface area contributed by atoms with E-state index < -0.39 is 11.7 Å². The van der Waals surface area contributed by atoms with Gasteiger partial charge in [-0.3, -0.25) is 4.68 Å². The SMILES string of the molecule is CCc1nn(C)c(CC(O)C2(O)CCCCC2)c1Cl. The standard InChI is InChI=1S/C14H23ClN2O2/c1-3-10-13(15)11(17(2)16-10)9-12(18)14(19)7-5-4-6-8-14/h12,18-19H,3-9H2,1-2H3. The van der Waals surface area contributed by atoms with E-state index in [1.54, 1.807) is 4.68 Å². The maximum Gasteiger partial charge on any atom is 0.0909 e. The summed E-state index contributed by atoms with van der Waals surface area (Å²) in [4.78, 5) is 0. The van der Waals surface area contributed by atoms with Gasteiger partial charge in [-0.2, -0.15) is 5.10 Å². The zero-order valence-corrected chi connectivity index (χ0v) is 12.4. The monoisotopic (exact) mass is 286 g/mol. The average molecular weight is 287 g/mol. The first-order valence-electron chi connectivity index (χ1n) is 7.08. The quantitative estimate of drug-likeness (QED) is 0.892. The van der Waals surface area contributed by atoms with Gasteiger partial charge in [0.25, 0.3) is 0 Å². The Morgan fingerprint density at radius 3 is 2.53 bits per heavy atom. The van der Waals surface area contributed by atoms with Crippen LogP contribution in [0, 0.1) is 0 Å². The van der Waals surface area contributed by atoms with Crippen LogP contribution in [0.4, 0.5) is 0 Å². The summed E-state index contributed by atoms with van der Waals surface area (Å²) in [5.74, 6) is 0. The van der Waals surface area contributed by atoms with Gasteiger partial charge in [0.2, 0.25) is 0 Å². The van der Waals surface area contributed by atoms with Crippen LogP contribution in [0.2, 0.25) is 5.02 Å². The number of aliphatic hydroxyl groups excluding tert-OH is 1. The average Bonchev–Trinajstić information content (AvgIpc) is 2.67. The fraction of sp³-hybridized carbons (Fsp3) is 0.786. The predicted octanol–water partition coefficient (Wildman–Crippen LogP) is 2.23. The van der Waals surface area contributed by atoms with E-state index in [1.165, 1.54) is 0 Å². The highest BCUT2D eigenvalue weighted by molar-refractivity contribution is 6.31. The van der Waals surface area contributed by atoms with Crippen LogP contribution in [-0.2, 0) is 19.9 Å². The molecule has 1 heterocycles. The van der Waals surface area contributed by atoms with Crippen molar-refractivity contribution in [1.82, 2.24) is 9.78 Å². The maximum absolute atomic E-state index is 10.5. The maximum atomic E-state index is 10.5. The second kappa shape index (κ2) is 5.81. The molecule has 2 N–H and O–H groups in total. The van der Waals surface area contributed by atoms with Crippen molar-refractivity contribution >= 4 is 11.6 Å². The molecule has 0 aliphatic heterocycles. The summed E-state index contributed by atoms with van der Waals surface area (Å²) in [5, 5.41) is 25.9. The number of aromatic nitrogens is 2. The van der Waals surface area contributed by atoms with Gasteiger partial charge < -0.3 is 10.2 Å². The van der Waals surface area contributed by atoms with Crippen LogP contribution < -0.4 is 0 Å². The van der Waals surface area contributed by atoms with Crippen molar-refractivity contribution in [3.05, 3.63) is 16.4 Å². The minimum atomic E-state index is -0.960. The molecule has 1 atom stereocenters. The topological polar surface area (TPSA) is 58.3 Å². The molecule has 1 fully saturated rings. The molecule has 0 amide bonds. The zero-order valence-electron chi connectivity index (χ0n) is 11.7. The van der Waals surface area contributed by atoms with E-state index in [0.717, 1.165) is 37.1 Å². The van der Waals surface area contributed by atoms with E-state index >= 15 is 0 Å². The van der Waals surface area contributed by atoms with Crippen molar-refractivity contribution in [2.24, 2.45) is 7.05 Å². The summed E-state index contributed by atoms with van der Waals surface area (Å²) in [6.07, 6.45) is 4.80. The molecule has 0 spiro atoms. The highest BCUT2D eigenvalue weighted by Gasteiger charge is 2.37. The van der Waals surface area contributed by atoms with Gasteiger partial charge in [0.05, 0.1) is 28.1 Å². The van der Waals surface area contributed by atoms with Crippen molar-refractivity contribution in [3.8, 4) is 0 Å². The van der Waals surface area contributed by atoms with Gasteiger partial charge >= 0.3 is 0 Å². The molecule has 1 unspecified atom stereocenters. The second-order valence-electron chi connectivity index (χ2n) is 5.57. The lowest BCUT2D eigenvalue weighted by Gasteiger charge is -2.36. The highest BCUT2D eigenvalue weighted by atomic mass is 35.5. The van der Waals surface area contributed by atoms with Crippen molar-refractivity contribution in [2.75, 3.05) is 0 Å². The molecule has 0 saturated heterocycles. The molecule has 1 aliphatic rings. The lowest BCUT2D eigenvalue weighted by atomic mass is 9.79. The molecule has 19 heavy (non-hydrogen) atoms. The lowest BCUT2D eigenvalue weighted by molar-refractivity contribution is -0.0966. The fourth-order valence-corrected chi connectivity index (χ4v) is 3.28. The Labute approximate surface area is 119 Å². The van der Waals surface area contributed by atoms with Gasteiger partial charge in [-0.1, -0.05) is 37.8 Å². The summed E-state index contributed by atoms with van der Waals surface area (Å²) in [5.41, 5.74) is 0.699. The number of hydrogen-bond donors (Lipinski definition) is 2. The van der Waals surface area contributed by atoms with Crippen LogP contribution in [0.15, 0.2) is 0 Å². The van der Waals surface area contributed by atoms with E-state index in [4.69, 9.17) is 11.6 Å². The van der Waals surface area contributed by atoms with Crippen LogP contribution >= 0.6 is 11.6 Å². The van der Waals surface area contributed by atoms with E-state index in [-0.39, 0.29) is 0 Å². The number of rotatable bonds is 4. The molecule has 1 aromatic heterocycles. The predicted molar refractivity (Wildman–Crippen MR) is 75.3 cm³/mol. The highest BCUT2D eigenvalue weighted by Crippen LogP contribution is 2.33. The first-order chi connectivity index (χ1) is 8.98. The number of halogens is 1. The molecule has 0 radical (unpaired) electrons. The Morgan fingerprint density at radius 1 is 1.37 bits per heavy atom. The van der Waals surface area contributed by atoms with Crippen LogP contribution in [0.3, 0.4) is 0 Å². The molecule has 108 valence electrons. The molecule has 0 aromatic carbocycles. The molecule has 1 aromatic rings.